The van der Waals surface area contributed by atoms with E-state index in [0.717, 1.165) is 0 Å². The second-order valence-corrected chi connectivity index (χ2v) is 9.18. The molecular weight excluding hydrogens is 475 g/mol. The van der Waals surface area contributed by atoms with E-state index in [1.54, 1.807) is 52.3 Å². The van der Waals surface area contributed by atoms with Crippen molar-refractivity contribution < 1.29 is 14.7 Å². The molecule has 2 aromatic rings. The minimum atomic E-state index is -0.636. The number of hydrogen-bond acceptors (Lipinski definition) is 4. The molecule has 0 unspecified atom stereocenters. The predicted octanol–water partition coefficient (Wildman–Crippen LogP) is 3.68. The van der Waals surface area contributed by atoms with E-state index in [-0.39, 0.29) is 24.5 Å². The molecule has 170 valence electrons. The lowest BCUT2D eigenvalue weighted by Crippen LogP contribution is -2.55. The van der Waals surface area contributed by atoms with E-state index in [0.29, 0.717) is 59.0 Å². The molecule has 2 aliphatic heterocycles. The van der Waals surface area contributed by atoms with E-state index in [1.807, 2.05) is 0 Å². The summed E-state index contributed by atoms with van der Waals surface area (Å²) >= 11 is 17.8. The Morgan fingerprint density at radius 2 is 1.56 bits per heavy atom. The number of benzene rings is 2. The number of nitrogens with zero attached hydrogens (tertiary/aromatic N) is 3. The third kappa shape index (κ3) is 5.13. The molecular formula is C22H23Cl3N4O3. The summed E-state index contributed by atoms with van der Waals surface area (Å²) in [5.41, 5.74) is 1.13. The lowest BCUT2D eigenvalue weighted by molar-refractivity contribution is 0.0545. The number of anilines is 1. The van der Waals surface area contributed by atoms with E-state index in [9.17, 15) is 14.7 Å². The zero-order valence-electron chi connectivity index (χ0n) is 17.2. The van der Waals surface area contributed by atoms with Crippen molar-refractivity contribution in [3.05, 3.63) is 63.1 Å². The van der Waals surface area contributed by atoms with Crippen LogP contribution < -0.4 is 5.32 Å². The van der Waals surface area contributed by atoms with Crippen LogP contribution in [0.4, 0.5) is 10.5 Å². The van der Waals surface area contributed by atoms with Gasteiger partial charge in [0.1, 0.15) is 0 Å². The lowest BCUT2D eigenvalue weighted by atomic mass is 10.1. The molecule has 2 aromatic carbocycles. The minimum absolute atomic E-state index is 0.122. The number of likely N-dealkylation sites (tertiary alicyclic amines) is 1. The van der Waals surface area contributed by atoms with Gasteiger partial charge in [-0.15, -0.1) is 0 Å². The standard InChI is InChI=1S/C22H23Cl3N4O3/c23-15-3-1-14(2-4-15)21(31)29-12-19(20(30)13-29)27-7-9-28(10-8-27)22(32)26-16-5-6-17(24)18(25)11-16/h1-6,11,19-20,30H,7-10,12-13H2,(H,26,32)/t19-,20-/m0/s1. The first-order valence-electron chi connectivity index (χ1n) is 10.3. The van der Waals surface area contributed by atoms with Crippen molar-refractivity contribution in [3.63, 3.8) is 0 Å². The van der Waals surface area contributed by atoms with Gasteiger partial charge >= 0.3 is 6.03 Å². The summed E-state index contributed by atoms with van der Waals surface area (Å²) < 4.78 is 0. The highest BCUT2D eigenvalue weighted by Gasteiger charge is 2.39. The quantitative estimate of drug-likeness (QED) is 0.678. The Kier molecular flexibility index (Phi) is 7.12. The SMILES string of the molecule is O=C(Nc1ccc(Cl)c(Cl)c1)N1CCN([C@H]2CN(C(=O)c3ccc(Cl)cc3)C[C@@H]2O)CC1. The number of carbonyl (C=O) groups is 2. The Hall–Kier alpha value is -2.03. The average molecular weight is 498 g/mol. The fourth-order valence-corrected chi connectivity index (χ4v) is 4.53. The summed E-state index contributed by atoms with van der Waals surface area (Å²) in [4.78, 5) is 30.9. The number of urea groups is 1. The number of aliphatic hydroxyl groups is 1. The van der Waals surface area contributed by atoms with Crippen LogP contribution in [0.15, 0.2) is 42.5 Å². The molecule has 2 atom stereocenters. The van der Waals surface area contributed by atoms with E-state index in [2.05, 4.69) is 10.2 Å². The van der Waals surface area contributed by atoms with Crippen LogP contribution in [0.1, 0.15) is 10.4 Å². The number of β-amino-alcohol motifs (C(OH)–C–C–N with tert-alkyl or cyclic N) is 1. The van der Waals surface area contributed by atoms with Gasteiger partial charge in [-0.1, -0.05) is 34.8 Å². The Morgan fingerprint density at radius 3 is 2.22 bits per heavy atom. The number of carbonyl (C=O) groups excluding carboxylic acids is 2. The van der Waals surface area contributed by atoms with E-state index in [4.69, 9.17) is 34.8 Å². The Balaban J connectivity index is 1.30. The zero-order chi connectivity index (χ0) is 22.8. The average Bonchev–Trinajstić information content (AvgIpc) is 3.18. The smallest absolute Gasteiger partial charge is 0.321 e. The number of halogens is 3. The maximum Gasteiger partial charge on any atom is 0.321 e. The maximum absolute atomic E-state index is 12.8. The molecule has 3 amide bonds. The fourth-order valence-electron chi connectivity index (χ4n) is 4.10. The molecule has 2 heterocycles. The summed E-state index contributed by atoms with van der Waals surface area (Å²) in [6.45, 7) is 2.98. The molecule has 4 rings (SSSR count). The summed E-state index contributed by atoms with van der Waals surface area (Å²) in [5.74, 6) is -0.122. The van der Waals surface area contributed by atoms with E-state index >= 15 is 0 Å². The van der Waals surface area contributed by atoms with Crippen molar-refractivity contribution >= 4 is 52.4 Å². The van der Waals surface area contributed by atoms with E-state index < -0.39 is 6.10 Å². The summed E-state index contributed by atoms with van der Waals surface area (Å²) in [5, 5.41) is 14.8. The van der Waals surface area contributed by atoms with Crippen molar-refractivity contribution in [2.45, 2.75) is 12.1 Å². The number of amides is 3. The molecule has 2 saturated heterocycles. The van der Waals surface area contributed by atoms with Crippen LogP contribution in [0, 0.1) is 0 Å². The summed E-state index contributed by atoms with van der Waals surface area (Å²) in [6.07, 6.45) is -0.636. The van der Waals surface area contributed by atoms with E-state index in [1.165, 1.54) is 0 Å². The fraction of sp³-hybridized carbons (Fsp3) is 0.364. The zero-order valence-corrected chi connectivity index (χ0v) is 19.4. The Labute approximate surface area is 201 Å². The first kappa shape index (κ1) is 23.1. The van der Waals surface area contributed by atoms with Gasteiger partial charge in [-0.05, 0) is 42.5 Å². The largest absolute Gasteiger partial charge is 0.390 e. The second-order valence-electron chi connectivity index (χ2n) is 7.93. The van der Waals surface area contributed by atoms with Gasteiger partial charge in [-0.2, -0.15) is 0 Å². The topological polar surface area (TPSA) is 76.1 Å². The van der Waals surface area contributed by atoms with Crippen LogP contribution in [0.5, 0.6) is 0 Å². The van der Waals surface area contributed by atoms with Gasteiger partial charge < -0.3 is 20.2 Å². The Bertz CT molecular complexity index is 996. The van der Waals surface area contributed by atoms with Crippen molar-refractivity contribution in [3.8, 4) is 0 Å². The number of hydrogen-bond donors (Lipinski definition) is 2. The summed E-state index contributed by atoms with van der Waals surface area (Å²) in [6, 6.07) is 11.3. The van der Waals surface area contributed by atoms with Crippen LogP contribution in [-0.2, 0) is 0 Å². The van der Waals surface area contributed by atoms with Gasteiger partial charge in [0.25, 0.3) is 5.91 Å². The highest BCUT2D eigenvalue weighted by molar-refractivity contribution is 6.42. The van der Waals surface area contributed by atoms with Gasteiger partial charge in [0.2, 0.25) is 0 Å². The molecule has 2 aliphatic rings. The Morgan fingerprint density at radius 1 is 0.875 bits per heavy atom. The lowest BCUT2D eigenvalue weighted by Gasteiger charge is -2.38. The van der Waals surface area contributed by atoms with Gasteiger partial charge in [0, 0.05) is 55.5 Å². The minimum Gasteiger partial charge on any atom is -0.390 e. The van der Waals surface area contributed by atoms with Crippen LogP contribution in [-0.4, -0.2) is 83.2 Å². The van der Waals surface area contributed by atoms with Crippen LogP contribution in [0.3, 0.4) is 0 Å². The van der Waals surface area contributed by atoms with Gasteiger partial charge in [0.05, 0.1) is 22.2 Å². The molecule has 0 spiro atoms. The molecule has 2 N–H and O–H groups in total. The van der Waals surface area contributed by atoms with Crippen molar-refractivity contribution in [1.82, 2.24) is 14.7 Å². The van der Waals surface area contributed by atoms with Gasteiger partial charge in [-0.25, -0.2) is 4.79 Å². The maximum atomic E-state index is 12.8. The molecule has 0 aromatic heterocycles. The molecule has 2 fully saturated rings. The van der Waals surface area contributed by atoms with Crippen molar-refractivity contribution in [2.75, 3.05) is 44.6 Å². The second kappa shape index (κ2) is 9.85. The number of rotatable bonds is 3. The third-order valence-corrected chi connectivity index (χ3v) is 6.87. The molecule has 7 nitrogen and oxygen atoms in total. The highest BCUT2D eigenvalue weighted by Crippen LogP contribution is 2.26. The van der Waals surface area contributed by atoms with Crippen LogP contribution >= 0.6 is 34.8 Å². The third-order valence-electron chi connectivity index (χ3n) is 5.88. The number of piperazine rings is 1. The molecule has 0 bridgehead atoms. The van der Waals surface area contributed by atoms with Crippen molar-refractivity contribution in [1.29, 1.82) is 0 Å². The monoisotopic (exact) mass is 496 g/mol. The van der Waals surface area contributed by atoms with Gasteiger partial charge in [-0.3, -0.25) is 9.69 Å². The highest BCUT2D eigenvalue weighted by atomic mass is 35.5. The van der Waals surface area contributed by atoms with Crippen LogP contribution in [0.25, 0.3) is 0 Å². The predicted molar refractivity (Wildman–Crippen MR) is 126 cm³/mol. The van der Waals surface area contributed by atoms with Gasteiger partial charge in [0.15, 0.2) is 0 Å². The molecule has 32 heavy (non-hydrogen) atoms. The first-order chi connectivity index (χ1) is 15.3. The number of nitrogens with one attached hydrogen (secondary N) is 1. The summed E-state index contributed by atoms with van der Waals surface area (Å²) in [7, 11) is 0. The normalized spacial score (nSPS) is 21.6. The number of aliphatic hydroxyl groups excluding tert-OH is 1. The van der Waals surface area contributed by atoms with Crippen LogP contribution in [0.2, 0.25) is 15.1 Å². The molecule has 10 heteroatoms. The molecule has 0 aliphatic carbocycles. The molecule has 0 saturated carbocycles. The van der Waals surface area contributed by atoms with Crippen molar-refractivity contribution in [2.24, 2.45) is 0 Å². The first-order valence-corrected chi connectivity index (χ1v) is 11.4. The molecule has 0 radical (unpaired) electrons.